The van der Waals surface area contributed by atoms with Crippen molar-refractivity contribution < 1.29 is 34.7 Å². The minimum atomic E-state index is -1.57. The monoisotopic (exact) mass is 222 g/mol. The summed E-state index contributed by atoms with van der Waals surface area (Å²) in [6.45, 7) is -0.571. The van der Waals surface area contributed by atoms with Gasteiger partial charge in [0.2, 0.25) is 0 Å². The highest BCUT2D eigenvalue weighted by Crippen LogP contribution is 2.21. The number of methoxy groups -OCH3 is 1. The number of rotatable bonds is 2. The molecule has 0 radical (unpaired) electrons. The van der Waals surface area contributed by atoms with E-state index in [4.69, 9.17) is 9.84 Å². The van der Waals surface area contributed by atoms with Crippen molar-refractivity contribution in [3.63, 3.8) is 0 Å². The summed E-state index contributed by atoms with van der Waals surface area (Å²) in [7, 11) is 1.10. The van der Waals surface area contributed by atoms with E-state index in [0.29, 0.717) is 0 Å². The van der Waals surface area contributed by atoms with Crippen LogP contribution in [0.3, 0.4) is 0 Å². The van der Waals surface area contributed by atoms with Crippen molar-refractivity contribution in [3.8, 4) is 0 Å². The second kappa shape index (κ2) is 4.86. The molecule has 5 atom stereocenters. The molecule has 0 aliphatic carbocycles. The minimum Gasteiger partial charge on any atom is -0.467 e. The van der Waals surface area contributed by atoms with Crippen molar-refractivity contribution in [2.24, 2.45) is 0 Å². The van der Waals surface area contributed by atoms with Crippen molar-refractivity contribution in [3.05, 3.63) is 0 Å². The van der Waals surface area contributed by atoms with Crippen molar-refractivity contribution >= 4 is 5.97 Å². The zero-order valence-electron chi connectivity index (χ0n) is 8.11. The van der Waals surface area contributed by atoms with Gasteiger partial charge >= 0.3 is 5.97 Å². The summed E-state index contributed by atoms with van der Waals surface area (Å²) in [6, 6.07) is 0. The highest BCUT2D eigenvalue weighted by atomic mass is 16.6. The summed E-state index contributed by atoms with van der Waals surface area (Å²) in [5.41, 5.74) is 0. The van der Waals surface area contributed by atoms with Crippen LogP contribution in [0.1, 0.15) is 0 Å². The summed E-state index contributed by atoms with van der Waals surface area (Å²) in [5.74, 6) is -0.869. The molecule has 88 valence electrons. The van der Waals surface area contributed by atoms with Crippen LogP contribution in [-0.2, 0) is 14.3 Å². The molecule has 0 aromatic heterocycles. The number of hydrogen-bond donors (Lipinski definition) is 4. The largest absolute Gasteiger partial charge is 0.467 e. The predicted molar refractivity (Wildman–Crippen MR) is 45.8 cm³/mol. The molecular weight excluding hydrogens is 208 g/mol. The van der Waals surface area contributed by atoms with Gasteiger partial charge in [-0.25, -0.2) is 4.79 Å². The van der Waals surface area contributed by atoms with E-state index in [1.165, 1.54) is 0 Å². The molecule has 0 amide bonds. The van der Waals surface area contributed by atoms with Gasteiger partial charge in [-0.3, -0.25) is 0 Å². The van der Waals surface area contributed by atoms with Gasteiger partial charge in [-0.1, -0.05) is 0 Å². The van der Waals surface area contributed by atoms with Gasteiger partial charge < -0.3 is 29.9 Å². The quantitative estimate of drug-likeness (QED) is 0.368. The van der Waals surface area contributed by atoms with E-state index in [9.17, 15) is 20.1 Å². The Bertz CT molecular complexity index is 229. The highest BCUT2D eigenvalue weighted by molar-refractivity contribution is 5.75. The van der Waals surface area contributed by atoms with Gasteiger partial charge in [0.15, 0.2) is 6.10 Å². The molecule has 1 aliphatic rings. The van der Waals surface area contributed by atoms with E-state index in [1.807, 2.05) is 0 Å². The molecule has 15 heavy (non-hydrogen) atoms. The lowest BCUT2D eigenvalue weighted by atomic mass is 9.95. The first-order chi connectivity index (χ1) is 7.02. The van der Waals surface area contributed by atoms with E-state index in [-0.39, 0.29) is 0 Å². The Morgan fingerprint density at radius 3 is 2.33 bits per heavy atom. The number of aliphatic hydroxyl groups excluding tert-OH is 4. The molecule has 0 aromatic carbocycles. The van der Waals surface area contributed by atoms with Crippen LogP contribution in [0.4, 0.5) is 0 Å². The lowest BCUT2D eigenvalue weighted by molar-refractivity contribution is -0.234. The lowest BCUT2D eigenvalue weighted by Crippen LogP contribution is -2.60. The fraction of sp³-hybridized carbons (Fsp3) is 0.875. The van der Waals surface area contributed by atoms with Gasteiger partial charge in [-0.2, -0.15) is 0 Å². The zero-order valence-corrected chi connectivity index (χ0v) is 8.11. The molecular formula is C8H14O7. The molecule has 1 aliphatic heterocycles. The molecule has 0 saturated carbocycles. The number of hydrogen-bond acceptors (Lipinski definition) is 7. The Balaban J connectivity index is 2.78. The third kappa shape index (κ3) is 2.27. The SMILES string of the molecule is COC(=O)[C@@H]1O[C@H](CO)[C@H](O)[C@@H](O)[C@H]1O. The second-order valence-electron chi connectivity index (χ2n) is 3.27. The summed E-state index contributed by atoms with van der Waals surface area (Å²) in [6.07, 6.45) is -7.08. The van der Waals surface area contributed by atoms with E-state index in [1.54, 1.807) is 0 Å². The van der Waals surface area contributed by atoms with Crippen LogP contribution < -0.4 is 0 Å². The van der Waals surface area contributed by atoms with Gasteiger partial charge in [0.05, 0.1) is 13.7 Å². The molecule has 1 heterocycles. The van der Waals surface area contributed by atoms with Crippen molar-refractivity contribution in [2.45, 2.75) is 30.5 Å². The van der Waals surface area contributed by atoms with Crippen LogP contribution in [0.15, 0.2) is 0 Å². The first-order valence-corrected chi connectivity index (χ1v) is 4.41. The van der Waals surface area contributed by atoms with Crippen LogP contribution in [-0.4, -0.2) is 70.6 Å². The Labute approximate surface area is 85.9 Å². The summed E-state index contributed by atoms with van der Waals surface area (Å²) < 4.78 is 9.24. The predicted octanol–water partition coefficient (Wildman–Crippen LogP) is -3.00. The van der Waals surface area contributed by atoms with Crippen LogP contribution in [0.25, 0.3) is 0 Å². The molecule has 7 heteroatoms. The van der Waals surface area contributed by atoms with E-state index < -0.39 is 43.1 Å². The van der Waals surface area contributed by atoms with Crippen LogP contribution >= 0.6 is 0 Å². The molecule has 1 rings (SSSR count). The van der Waals surface area contributed by atoms with Crippen molar-refractivity contribution in [1.29, 1.82) is 0 Å². The van der Waals surface area contributed by atoms with Gasteiger partial charge in [0.25, 0.3) is 0 Å². The van der Waals surface area contributed by atoms with E-state index >= 15 is 0 Å². The normalized spacial score (nSPS) is 41.3. The molecule has 0 bridgehead atoms. The van der Waals surface area contributed by atoms with Crippen LogP contribution in [0.5, 0.6) is 0 Å². The van der Waals surface area contributed by atoms with Gasteiger partial charge in [-0.15, -0.1) is 0 Å². The summed E-state index contributed by atoms with van der Waals surface area (Å²) in [5, 5.41) is 36.9. The standard InChI is InChI=1S/C8H14O7/c1-14-8(13)7-6(12)5(11)4(10)3(2-9)15-7/h3-7,9-12H,2H2,1H3/t3-,4+,5-,6-,7-/m1/s1. The fourth-order valence-corrected chi connectivity index (χ4v) is 1.41. The number of ether oxygens (including phenoxy) is 2. The van der Waals surface area contributed by atoms with E-state index in [0.717, 1.165) is 7.11 Å². The van der Waals surface area contributed by atoms with Gasteiger partial charge in [0, 0.05) is 0 Å². The fourth-order valence-electron chi connectivity index (χ4n) is 1.41. The van der Waals surface area contributed by atoms with Crippen molar-refractivity contribution in [2.75, 3.05) is 13.7 Å². The molecule has 0 aromatic rings. The first kappa shape index (κ1) is 12.3. The van der Waals surface area contributed by atoms with Crippen molar-refractivity contribution in [1.82, 2.24) is 0 Å². The maximum absolute atomic E-state index is 11.1. The smallest absolute Gasteiger partial charge is 0.337 e. The Hall–Kier alpha value is -0.730. The minimum absolute atomic E-state index is 0.571. The van der Waals surface area contributed by atoms with E-state index in [2.05, 4.69) is 4.74 Å². The number of carbonyl (C=O) groups is 1. The number of aliphatic hydroxyl groups is 4. The lowest BCUT2D eigenvalue weighted by Gasteiger charge is -2.38. The topological polar surface area (TPSA) is 116 Å². The third-order valence-corrected chi connectivity index (χ3v) is 2.33. The Morgan fingerprint density at radius 1 is 1.27 bits per heavy atom. The Morgan fingerprint density at radius 2 is 1.87 bits per heavy atom. The molecule has 4 N–H and O–H groups in total. The third-order valence-electron chi connectivity index (χ3n) is 2.33. The molecule has 0 spiro atoms. The van der Waals surface area contributed by atoms with Gasteiger partial charge in [0.1, 0.15) is 24.4 Å². The molecule has 1 saturated heterocycles. The highest BCUT2D eigenvalue weighted by Gasteiger charge is 2.46. The summed E-state index contributed by atoms with van der Waals surface area (Å²) in [4.78, 5) is 11.1. The maximum Gasteiger partial charge on any atom is 0.337 e. The average Bonchev–Trinajstić information content (AvgIpc) is 2.25. The zero-order chi connectivity index (χ0) is 11.6. The number of carbonyl (C=O) groups excluding carboxylic acids is 1. The van der Waals surface area contributed by atoms with Crippen LogP contribution in [0, 0.1) is 0 Å². The average molecular weight is 222 g/mol. The number of esters is 1. The molecule has 0 unspecified atom stereocenters. The summed E-state index contributed by atoms with van der Waals surface area (Å²) >= 11 is 0. The molecule has 7 nitrogen and oxygen atoms in total. The Kier molecular flexibility index (Phi) is 4.00. The van der Waals surface area contributed by atoms with Gasteiger partial charge in [-0.05, 0) is 0 Å². The first-order valence-electron chi connectivity index (χ1n) is 4.41. The maximum atomic E-state index is 11.1. The van der Waals surface area contributed by atoms with Crippen LogP contribution in [0.2, 0.25) is 0 Å². The second-order valence-corrected chi connectivity index (χ2v) is 3.27. The molecule has 1 fully saturated rings.